The van der Waals surface area contributed by atoms with Gasteiger partial charge in [0, 0.05) is 51.5 Å². The zero-order valence-corrected chi connectivity index (χ0v) is 12.7. The van der Waals surface area contributed by atoms with Gasteiger partial charge in [-0.1, -0.05) is 0 Å². The van der Waals surface area contributed by atoms with E-state index in [0.29, 0.717) is 6.04 Å². The lowest BCUT2D eigenvalue weighted by molar-refractivity contribution is 0.255. The highest BCUT2D eigenvalue weighted by molar-refractivity contribution is 5.27. The minimum Gasteiger partial charge on any atom is -0.347 e. The Labute approximate surface area is 121 Å². The molecule has 5 nitrogen and oxygen atoms in total. The minimum absolute atomic E-state index is 0.600. The monoisotopic (exact) mass is 275 g/mol. The fourth-order valence-corrected chi connectivity index (χ4v) is 3.07. The molecular weight excluding hydrogens is 250 g/mol. The van der Waals surface area contributed by atoms with Gasteiger partial charge in [-0.25, -0.2) is 9.97 Å². The maximum atomic E-state index is 4.56. The fraction of sp³-hybridized carbons (Fsp3) is 0.733. The van der Waals surface area contributed by atoms with Crippen LogP contribution in [-0.2, 0) is 6.54 Å². The van der Waals surface area contributed by atoms with Gasteiger partial charge in [-0.3, -0.25) is 4.90 Å². The van der Waals surface area contributed by atoms with Crippen LogP contribution in [0, 0.1) is 0 Å². The van der Waals surface area contributed by atoms with E-state index in [1.54, 1.807) is 0 Å². The third-order valence-electron chi connectivity index (χ3n) is 4.31. The summed E-state index contributed by atoms with van der Waals surface area (Å²) in [4.78, 5) is 13.4. The minimum atomic E-state index is 0.600. The number of aromatic nitrogens is 2. The molecule has 2 atom stereocenters. The highest BCUT2D eigenvalue weighted by Crippen LogP contribution is 2.33. The fourth-order valence-electron chi connectivity index (χ4n) is 3.07. The molecule has 0 amide bonds. The van der Waals surface area contributed by atoms with Crippen molar-refractivity contribution in [1.29, 1.82) is 0 Å². The number of hydrogen-bond acceptors (Lipinski definition) is 5. The van der Waals surface area contributed by atoms with Crippen molar-refractivity contribution >= 4 is 5.95 Å². The van der Waals surface area contributed by atoms with E-state index in [2.05, 4.69) is 27.1 Å². The predicted molar refractivity (Wildman–Crippen MR) is 80.8 cm³/mol. The molecule has 2 fully saturated rings. The summed E-state index contributed by atoms with van der Waals surface area (Å²) in [5.41, 5.74) is 1.07. The molecule has 1 aromatic rings. The summed E-state index contributed by atoms with van der Waals surface area (Å²) in [6.07, 6.45) is 5.89. The molecule has 3 rings (SSSR count). The number of anilines is 1. The summed E-state index contributed by atoms with van der Waals surface area (Å²) in [6.45, 7) is 4.38. The topological polar surface area (TPSA) is 44.3 Å². The maximum Gasteiger partial charge on any atom is 0.225 e. The molecular formula is C15H25N5. The standard InChI is InChI=1S/C15H25N5/c1-11-8-13(10-20(11)14-4-5-14)17-9-12-6-7-16-15(18-12)19(2)3/h6-7,11,13-14,17H,4-5,8-10H2,1-3H3/t11-,13-/m0/s1. The molecule has 5 heteroatoms. The van der Waals surface area contributed by atoms with Crippen LogP contribution in [0.25, 0.3) is 0 Å². The first-order valence-electron chi connectivity index (χ1n) is 7.62. The van der Waals surface area contributed by atoms with Gasteiger partial charge in [-0.15, -0.1) is 0 Å². The highest BCUT2D eigenvalue weighted by Gasteiger charge is 2.38. The van der Waals surface area contributed by atoms with Gasteiger partial charge in [0.15, 0.2) is 0 Å². The van der Waals surface area contributed by atoms with E-state index in [1.807, 2.05) is 31.3 Å². The normalized spacial score (nSPS) is 26.9. The van der Waals surface area contributed by atoms with E-state index >= 15 is 0 Å². The van der Waals surface area contributed by atoms with Gasteiger partial charge in [-0.2, -0.15) is 0 Å². The Morgan fingerprint density at radius 1 is 1.40 bits per heavy atom. The molecule has 0 unspecified atom stereocenters. The third kappa shape index (κ3) is 3.10. The molecule has 0 spiro atoms. The molecule has 0 aromatic carbocycles. The Balaban J connectivity index is 1.53. The SMILES string of the molecule is C[C@H]1C[C@H](NCc2ccnc(N(C)C)n2)CN1C1CC1. The van der Waals surface area contributed by atoms with Crippen LogP contribution in [-0.4, -0.2) is 53.6 Å². The molecule has 20 heavy (non-hydrogen) atoms. The van der Waals surface area contributed by atoms with Crippen molar-refractivity contribution in [3.05, 3.63) is 18.0 Å². The number of rotatable bonds is 5. The van der Waals surface area contributed by atoms with Crippen molar-refractivity contribution in [1.82, 2.24) is 20.2 Å². The van der Waals surface area contributed by atoms with Crippen molar-refractivity contribution in [3.63, 3.8) is 0 Å². The first kappa shape index (κ1) is 13.8. The largest absolute Gasteiger partial charge is 0.347 e. The number of nitrogens with zero attached hydrogens (tertiary/aromatic N) is 4. The third-order valence-corrected chi connectivity index (χ3v) is 4.31. The summed E-state index contributed by atoms with van der Waals surface area (Å²) in [5, 5.41) is 3.66. The van der Waals surface area contributed by atoms with Crippen molar-refractivity contribution < 1.29 is 0 Å². The maximum absolute atomic E-state index is 4.56. The summed E-state index contributed by atoms with van der Waals surface area (Å²) in [6, 6.07) is 4.19. The van der Waals surface area contributed by atoms with Gasteiger partial charge >= 0.3 is 0 Å². The molecule has 1 aromatic heterocycles. The van der Waals surface area contributed by atoms with Crippen LogP contribution in [0.15, 0.2) is 12.3 Å². The summed E-state index contributed by atoms with van der Waals surface area (Å²) in [7, 11) is 3.94. The number of likely N-dealkylation sites (tertiary alicyclic amines) is 1. The quantitative estimate of drug-likeness (QED) is 0.876. The van der Waals surface area contributed by atoms with E-state index < -0.39 is 0 Å². The summed E-state index contributed by atoms with van der Waals surface area (Å²) in [5.74, 6) is 0.781. The Bertz CT molecular complexity index is 457. The van der Waals surface area contributed by atoms with E-state index in [9.17, 15) is 0 Å². The van der Waals surface area contributed by atoms with Crippen LogP contribution >= 0.6 is 0 Å². The van der Waals surface area contributed by atoms with Crippen LogP contribution in [0.4, 0.5) is 5.95 Å². The second-order valence-electron chi connectivity index (χ2n) is 6.33. The molecule has 110 valence electrons. The molecule has 1 saturated heterocycles. The van der Waals surface area contributed by atoms with E-state index in [1.165, 1.54) is 25.8 Å². The second-order valence-corrected chi connectivity index (χ2v) is 6.33. The second kappa shape index (κ2) is 5.66. The van der Waals surface area contributed by atoms with Gasteiger partial charge in [0.1, 0.15) is 0 Å². The summed E-state index contributed by atoms with van der Waals surface area (Å²) >= 11 is 0. The Morgan fingerprint density at radius 2 is 2.20 bits per heavy atom. The lowest BCUT2D eigenvalue weighted by atomic mass is 10.2. The van der Waals surface area contributed by atoms with Crippen LogP contribution in [0.3, 0.4) is 0 Å². The average Bonchev–Trinajstić information content (AvgIpc) is 3.21. The van der Waals surface area contributed by atoms with Gasteiger partial charge in [-0.05, 0) is 32.3 Å². The van der Waals surface area contributed by atoms with Gasteiger partial charge < -0.3 is 10.2 Å². The van der Waals surface area contributed by atoms with E-state index in [0.717, 1.165) is 30.3 Å². The molecule has 1 aliphatic carbocycles. The van der Waals surface area contributed by atoms with Crippen molar-refractivity contribution in [3.8, 4) is 0 Å². The lowest BCUT2D eigenvalue weighted by Crippen LogP contribution is -2.34. The Hall–Kier alpha value is -1.20. The average molecular weight is 275 g/mol. The number of nitrogens with one attached hydrogen (secondary N) is 1. The Kier molecular flexibility index (Phi) is 3.89. The van der Waals surface area contributed by atoms with Gasteiger partial charge in [0.25, 0.3) is 0 Å². The van der Waals surface area contributed by atoms with Crippen molar-refractivity contribution in [2.24, 2.45) is 0 Å². The highest BCUT2D eigenvalue weighted by atomic mass is 15.3. The molecule has 0 radical (unpaired) electrons. The zero-order chi connectivity index (χ0) is 14.1. The predicted octanol–water partition coefficient (Wildman–Crippen LogP) is 1.26. The molecule has 2 heterocycles. The van der Waals surface area contributed by atoms with Crippen molar-refractivity contribution in [2.45, 2.75) is 50.9 Å². The van der Waals surface area contributed by atoms with Crippen LogP contribution in [0.5, 0.6) is 0 Å². The van der Waals surface area contributed by atoms with Gasteiger partial charge in [0.2, 0.25) is 5.95 Å². The molecule has 2 aliphatic rings. The van der Waals surface area contributed by atoms with E-state index in [4.69, 9.17) is 0 Å². The molecule has 1 N–H and O–H groups in total. The smallest absolute Gasteiger partial charge is 0.225 e. The number of hydrogen-bond donors (Lipinski definition) is 1. The van der Waals surface area contributed by atoms with Crippen LogP contribution in [0.2, 0.25) is 0 Å². The van der Waals surface area contributed by atoms with E-state index in [-0.39, 0.29) is 0 Å². The van der Waals surface area contributed by atoms with Crippen LogP contribution < -0.4 is 10.2 Å². The van der Waals surface area contributed by atoms with Crippen molar-refractivity contribution in [2.75, 3.05) is 25.5 Å². The lowest BCUT2D eigenvalue weighted by Gasteiger charge is -2.19. The first-order chi connectivity index (χ1) is 9.63. The first-order valence-corrected chi connectivity index (χ1v) is 7.62. The van der Waals surface area contributed by atoms with Crippen LogP contribution in [0.1, 0.15) is 31.9 Å². The molecule has 1 aliphatic heterocycles. The summed E-state index contributed by atoms with van der Waals surface area (Å²) < 4.78 is 0. The zero-order valence-electron chi connectivity index (χ0n) is 12.7. The Morgan fingerprint density at radius 3 is 2.90 bits per heavy atom. The van der Waals surface area contributed by atoms with Gasteiger partial charge in [0.05, 0.1) is 5.69 Å². The molecule has 1 saturated carbocycles. The molecule has 0 bridgehead atoms.